The number of rotatable bonds is 8. The first-order chi connectivity index (χ1) is 8.74. The van der Waals surface area contributed by atoms with Gasteiger partial charge in [0.15, 0.2) is 0 Å². The van der Waals surface area contributed by atoms with Crippen molar-refractivity contribution < 1.29 is 4.74 Å². The minimum atomic E-state index is -0.292. The lowest BCUT2D eigenvalue weighted by Gasteiger charge is -2.45. The summed E-state index contributed by atoms with van der Waals surface area (Å²) in [4.78, 5) is 0. The highest BCUT2D eigenvalue weighted by atomic mass is 16.5. The third-order valence-electron chi connectivity index (χ3n) is 3.72. The van der Waals surface area contributed by atoms with Crippen molar-refractivity contribution in [2.24, 2.45) is 27.7 Å². The van der Waals surface area contributed by atoms with Gasteiger partial charge in [0.25, 0.3) is 0 Å². The molecule has 0 fully saturated rings. The zero-order valence-corrected chi connectivity index (χ0v) is 15.1. The maximum Gasteiger partial charge on any atom is 0.0639 e. The van der Waals surface area contributed by atoms with E-state index < -0.39 is 0 Å². The van der Waals surface area contributed by atoms with Gasteiger partial charge in [-0.15, -0.1) is 0 Å². The predicted octanol–water partition coefficient (Wildman–Crippen LogP) is 3.56. The van der Waals surface area contributed by atoms with E-state index >= 15 is 0 Å². The molecule has 0 amide bonds. The van der Waals surface area contributed by atoms with Crippen LogP contribution < -0.4 is 11.5 Å². The van der Waals surface area contributed by atoms with Crippen LogP contribution in [0.25, 0.3) is 0 Å². The van der Waals surface area contributed by atoms with Crippen LogP contribution in [0.15, 0.2) is 0 Å². The fraction of sp³-hybridized carbons (Fsp3) is 1.00. The molecule has 0 radical (unpaired) electrons. The second-order valence-electron chi connectivity index (χ2n) is 9.36. The van der Waals surface area contributed by atoms with Crippen molar-refractivity contribution in [2.45, 2.75) is 73.3 Å². The van der Waals surface area contributed by atoms with E-state index in [0.29, 0.717) is 13.2 Å². The van der Waals surface area contributed by atoms with Gasteiger partial charge in [-0.05, 0) is 49.0 Å². The Kier molecular flexibility index (Phi) is 6.72. The molecule has 3 heteroatoms. The van der Waals surface area contributed by atoms with E-state index in [1.54, 1.807) is 7.11 Å². The lowest BCUT2D eigenvalue weighted by atomic mass is 9.63. The summed E-state index contributed by atoms with van der Waals surface area (Å²) >= 11 is 0. The van der Waals surface area contributed by atoms with Crippen LogP contribution in [0.5, 0.6) is 0 Å². The second-order valence-corrected chi connectivity index (χ2v) is 9.36. The van der Waals surface area contributed by atoms with Crippen LogP contribution in [0.2, 0.25) is 0 Å². The van der Waals surface area contributed by atoms with Crippen molar-refractivity contribution in [1.29, 1.82) is 0 Å². The highest BCUT2D eigenvalue weighted by molar-refractivity contribution is 4.93. The van der Waals surface area contributed by atoms with Gasteiger partial charge in [0, 0.05) is 12.6 Å². The lowest BCUT2D eigenvalue weighted by Crippen LogP contribution is -2.47. The van der Waals surface area contributed by atoms with Gasteiger partial charge in [-0.3, -0.25) is 0 Å². The fourth-order valence-electron chi connectivity index (χ4n) is 4.05. The van der Waals surface area contributed by atoms with Gasteiger partial charge in [-0.25, -0.2) is 0 Å². The quantitative estimate of drug-likeness (QED) is 0.717. The number of methoxy groups -OCH3 is 1. The number of hydrogen-bond acceptors (Lipinski definition) is 3. The van der Waals surface area contributed by atoms with Gasteiger partial charge in [0.05, 0.1) is 6.61 Å². The van der Waals surface area contributed by atoms with Gasteiger partial charge in [-0.2, -0.15) is 0 Å². The molecule has 0 saturated carbocycles. The maximum atomic E-state index is 6.44. The third-order valence-corrected chi connectivity index (χ3v) is 3.72. The van der Waals surface area contributed by atoms with Crippen LogP contribution in [-0.4, -0.2) is 25.8 Å². The predicted molar refractivity (Wildman–Crippen MR) is 88.7 cm³/mol. The zero-order valence-electron chi connectivity index (χ0n) is 15.1. The Morgan fingerprint density at radius 3 is 1.70 bits per heavy atom. The van der Waals surface area contributed by atoms with Crippen molar-refractivity contribution in [2.75, 3.05) is 20.3 Å². The first kappa shape index (κ1) is 19.9. The zero-order chi connectivity index (χ0) is 16.2. The molecule has 2 unspecified atom stereocenters. The smallest absolute Gasteiger partial charge is 0.0639 e. The summed E-state index contributed by atoms with van der Waals surface area (Å²) in [5, 5.41) is 0. The molecule has 0 rings (SSSR count). The van der Waals surface area contributed by atoms with E-state index in [1.807, 2.05) is 0 Å². The molecule has 0 bridgehead atoms. The Labute approximate surface area is 126 Å². The molecular formula is C17H38N2O. The van der Waals surface area contributed by atoms with Crippen LogP contribution in [-0.2, 0) is 4.74 Å². The molecule has 0 aromatic heterocycles. The molecule has 0 aliphatic carbocycles. The average molecular weight is 287 g/mol. The molecule has 0 saturated heterocycles. The van der Waals surface area contributed by atoms with Gasteiger partial charge in [-0.1, -0.05) is 41.5 Å². The second kappa shape index (κ2) is 6.76. The average Bonchev–Trinajstić information content (AvgIpc) is 2.10. The summed E-state index contributed by atoms with van der Waals surface area (Å²) in [6.45, 7) is 17.1. The van der Waals surface area contributed by atoms with Crippen molar-refractivity contribution in [3.63, 3.8) is 0 Å². The number of ether oxygens (including phenoxy) is 1. The SMILES string of the molecule is COCC(C)(N)CC(C)(CC(C)(C)C)CC(C)(C)CN. The highest BCUT2D eigenvalue weighted by Crippen LogP contribution is 2.46. The summed E-state index contributed by atoms with van der Waals surface area (Å²) in [6.07, 6.45) is 3.18. The minimum Gasteiger partial charge on any atom is -0.383 e. The summed E-state index contributed by atoms with van der Waals surface area (Å²) in [5.41, 5.74) is 12.7. The Morgan fingerprint density at radius 1 is 0.850 bits per heavy atom. The molecule has 4 N–H and O–H groups in total. The Balaban J connectivity index is 5.16. The van der Waals surface area contributed by atoms with Crippen LogP contribution in [0.1, 0.15) is 67.7 Å². The van der Waals surface area contributed by atoms with Gasteiger partial charge in [0.1, 0.15) is 0 Å². The Bertz CT molecular complexity index is 292. The summed E-state index contributed by atoms with van der Waals surface area (Å²) in [7, 11) is 1.72. The van der Waals surface area contributed by atoms with E-state index in [-0.39, 0.29) is 21.8 Å². The molecule has 0 spiro atoms. The maximum absolute atomic E-state index is 6.44. The first-order valence-electron chi connectivity index (χ1n) is 7.72. The molecular weight excluding hydrogens is 248 g/mol. The van der Waals surface area contributed by atoms with Crippen molar-refractivity contribution in [3.05, 3.63) is 0 Å². The summed E-state index contributed by atoms with van der Waals surface area (Å²) in [6, 6.07) is 0. The fourth-order valence-corrected chi connectivity index (χ4v) is 4.05. The molecule has 0 heterocycles. The van der Waals surface area contributed by atoms with Gasteiger partial charge in [0.2, 0.25) is 0 Å². The third kappa shape index (κ3) is 8.23. The normalized spacial score (nSPS) is 19.5. The molecule has 0 aromatic rings. The molecule has 3 nitrogen and oxygen atoms in total. The molecule has 20 heavy (non-hydrogen) atoms. The van der Waals surface area contributed by atoms with E-state index in [4.69, 9.17) is 16.2 Å². The largest absolute Gasteiger partial charge is 0.383 e. The molecule has 0 aliphatic heterocycles. The van der Waals surface area contributed by atoms with Crippen LogP contribution in [0.3, 0.4) is 0 Å². The molecule has 122 valence electrons. The van der Waals surface area contributed by atoms with Crippen LogP contribution in [0.4, 0.5) is 0 Å². The summed E-state index contributed by atoms with van der Waals surface area (Å²) in [5.74, 6) is 0. The van der Waals surface area contributed by atoms with Crippen molar-refractivity contribution >= 4 is 0 Å². The Morgan fingerprint density at radius 2 is 1.35 bits per heavy atom. The van der Waals surface area contributed by atoms with E-state index in [0.717, 1.165) is 19.3 Å². The molecule has 0 aliphatic rings. The number of nitrogens with two attached hydrogens (primary N) is 2. The topological polar surface area (TPSA) is 61.3 Å². The van der Waals surface area contributed by atoms with Crippen molar-refractivity contribution in [1.82, 2.24) is 0 Å². The van der Waals surface area contributed by atoms with Gasteiger partial charge < -0.3 is 16.2 Å². The first-order valence-corrected chi connectivity index (χ1v) is 7.72. The van der Waals surface area contributed by atoms with Crippen molar-refractivity contribution in [3.8, 4) is 0 Å². The highest BCUT2D eigenvalue weighted by Gasteiger charge is 2.39. The van der Waals surface area contributed by atoms with Crippen LogP contribution in [0, 0.1) is 16.2 Å². The lowest BCUT2D eigenvalue weighted by molar-refractivity contribution is 0.0540. The minimum absolute atomic E-state index is 0.142. The van der Waals surface area contributed by atoms with Gasteiger partial charge >= 0.3 is 0 Å². The molecule has 0 aromatic carbocycles. The van der Waals surface area contributed by atoms with E-state index in [2.05, 4.69) is 48.5 Å². The molecule has 2 atom stereocenters. The number of hydrogen-bond donors (Lipinski definition) is 2. The standard InChI is InChI=1S/C17H38N2O/c1-14(2,3)9-16(6,10-15(4,5)12-18)11-17(7,19)13-20-8/h9-13,18-19H2,1-8H3. The summed E-state index contributed by atoms with van der Waals surface area (Å²) < 4.78 is 5.29. The van der Waals surface area contributed by atoms with Crippen LogP contribution >= 0.6 is 0 Å². The van der Waals surface area contributed by atoms with E-state index in [1.165, 1.54) is 0 Å². The van der Waals surface area contributed by atoms with E-state index in [9.17, 15) is 0 Å². The Hall–Kier alpha value is -0.120. The monoisotopic (exact) mass is 286 g/mol.